The van der Waals surface area contributed by atoms with E-state index >= 15 is 0 Å². The van der Waals surface area contributed by atoms with Gasteiger partial charge < -0.3 is 81.0 Å². The molecule has 0 saturated carbocycles. The van der Waals surface area contributed by atoms with Crippen LogP contribution in [0.5, 0.6) is 5.75 Å². The molecule has 0 radical (unpaired) electrons. The van der Waals surface area contributed by atoms with Gasteiger partial charge in [0, 0.05) is 19.5 Å². The lowest BCUT2D eigenvalue weighted by Gasteiger charge is -2.31. The summed E-state index contributed by atoms with van der Waals surface area (Å²) in [7, 11) is 0. The van der Waals surface area contributed by atoms with Crippen molar-refractivity contribution in [2.75, 3.05) is 26.2 Å². The molecule has 1 heterocycles. The maximum atomic E-state index is 14.8. The van der Waals surface area contributed by atoms with E-state index in [0.717, 1.165) is 0 Å². The van der Waals surface area contributed by atoms with Crippen molar-refractivity contribution in [1.29, 1.82) is 0 Å². The summed E-state index contributed by atoms with van der Waals surface area (Å²) in [6.45, 7) is 15.8. The third kappa shape index (κ3) is 26.7. The first-order valence-electron chi connectivity index (χ1n) is 28.8. The number of nitrogens with two attached hydrogens (primary N) is 5. The minimum Gasteiger partial charge on any atom is -0.508 e. The highest BCUT2D eigenvalue weighted by molar-refractivity contribution is 5.98. The van der Waals surface area contributed by atoms with Crippen molar-refractivity contribution in [2.24, 2.45) is 57.3 Å². The Bertz CT molecular complexity index is 2210. The highest BCUT2D eigenvalue weighted by atomic mass is 16.4. The molecule has 0 aliphatic carbocycles. The number of hydrogen-bond donors (Lipinski definition) is 14. The van der Waals surface area contributed by atoms with Crippen molar-refractivity contribution in [3.8, 4) is 5.75 Å². The van der Waals surface area contributed by atoms with Crippen molar-refractivity contribution in [2.45, 2.75) is 206 Å². The van der Waals surface area contributed by atoms with E-state index in [0.29, 0.717) is 57.2 Å². The summed E-state index contributed by atoms with van der Waals surface area (Å²) in [5.74, 6) is -6.99. The van der Waals surface area contributed by atoms with E-state index in [2.05, 4.69) is 42.2 Å². The molecule has 1 aliphatic rings. The fourth-order valence-electron chi connectivity index (χ4n) is 9.45. The van der Waals surface area contributed by atoms with Gasteiger partial charge in [0.2, 0.25) is 47.3 Å². The molecule has 9 atom stereocenters. The molecule has 0 unspecified atom stereocenters. The number of phenols is 1. The third-order valence-electron chi connectivity index (χ3n) is 13.6. The van der Waals surface area contributed by atoms with Crippen molar-refractivity contribution >= 4 is 59.2 Å². The maximum Gasteiger partial charge on any atom is 0.326 e. The molecule has 2 rings (SSSR count). The van der Waals surface area contributed by atoms with Crippen LogP contribution < -0.4 is 65.9 Å². The predicted octanol–water partition coefficient (Wildman–Crippen LogP) is 0.227. The van der Waals surface area contributed by atoms with Crippen LogP contribution in [0.3, 0.4) is 0 Å². The lowest BCUT2D eigenvalue weighted by Crippen LogP contribution is -2.60. The van der Waals surface area contributed by atoms with Gasteiger partial charge in [0.15, 0.2) is 5.96 Å². The van der Waals surface area contributed by atoms with E-state index in [1.165, 1.54) is 17.0 Å². The number of aliphatic carboxylic acids is 1. The van der Waals surface area contributed by atoms with Crippen LogP contribution in [0.2, 0.25) is 0 Å². The quantitative estimate of drug-likeness (QED) is 0.0239. The monoisotopic (exact) mass is 1140 g/mol. The second kappa shape index (κ2) is 36.7. The number of carbonyl (C=O) groups excluding carboxylic acids is 8. The van der Waals surface area contributed by atoms with Gasteiger partial charge in [-0.2, -0.15) is 0 Å². The average molecular weight is 1140 g/mol. The molecule has 81 heavy (non-hydrogen) atoms. The van der Waals surface area contributed by atoms with Gasteiger partial charge in [-0.3, -0.25) is 43.3 Å². The number of phenolic OH excluding ortho intramolecular Hbond substituents is 1. The highest BCUT2D eigenvalue weighted by Crippen LogP contribution is 2.22. The predicted molar refractivity (Wildman–Crippen MR) is 309 cm³/mol. The topological polar surface area (TPSA) is 424 Å². The Labute approximate surface area is 478 Å². The van der Waals surface area contributed by atoms with Crippen molar-refractivity contribution in [3.05, 3.63) is 29.8 Å². The van der Waals surface area contributed by atoms with Gasteiger partial charge in [-0.05, 0) is 144 Å². The van der Waals surface area contributed by atoms with Crippen molar-refractivity contribution in [3.63, 3.8) is 0 Å². The zero-order valence-electron chi connectivity index (χ0n) is 49.1. The van der Waals surface area contributed by atoms with Crippen LogP contribution in [0.25, 0.3) is 0 Å². The largest absolute Gasteiger partial charge is 0.508 e. The van der Waals surface area contributed by atoms with Gasteiger partial charge in [-0.1, -0.05) is 67.5 Å². The van der Waals surface area contributed by atoms with Crippen LogP contribution >= 0.6 is 0 Å². The number of benzene rings is 1. The lowest BCUT2D eigenvalue weighted by molar-refractivity contribution is -0.143. The fraction of sp³-hybridized carbons (Fsp3) is 0.714. The number of guanidine groups is 1. The number of likely N-dealkylation sites (tertiary alicyclic amines) is 1. The third-order valence-corrected chi connectivity index (χ3v) is 13.6. The number of aliphatic imine (C=N–C) groups is 1. The number of hydrogen-bond acceptors (Lipinski definition) is 14. The number of carbonyl (C=O) groups is 9. The summed E-state index contributed by atoms with van der Waals surface area (Å²) in [6, 6.07) is -4.33. The minimum absolute atomic E-state index is 0.0279. The van der Waals surface area contributed by atoms with Gasteiger partial charge >= 0.3 is 5.97 Å². The molecule has 25 heteroatoms. The summed E-state index contributed by atoms with van der Waals surface area (Å²) in [5.41, 5.74) is 29.1. The van der Waals surface area contributed by atoms with Gasteiger partial charge in [-0.15, -0.1) is 0 Å². The number of nitrogens with zero attached hydrogens (tertiary/aromatic N) is 2. The zero-order valence-corrected chi connectivity index (χ0v) is 49.1. The Morgan fingerprint density at radius 2 is 0.975 bits per heavy atom. The summed E-state index contributed by atoms with van der Waals surface area (Å²) < 4.78 is 0. The normalized spacial score (nSPS) is 16.3. The first kappa shape index (κ1) is 70.5. The molecule has 1 aromatic rings. The Kier molecular flexibility index (Phi) is 31.9. The first-order valence-corrected chi connectivity index (χ1v) is 28.8. The molecule has 1 aliphatic heterocycles. The molecule has 0 aromatic heterocycles. The zero-order chi connectivity index (χ0) is 60.9. The lowest BCUT2D eigenvalue weighted by atomic mass is 9.99. The number of nitrogens with one attached hydrogen (secondary N) is 7. The number of aromatic hydroxyl groups is 1. The summed E-state index contributed by atoms with van der Waals surface area (Å²) in [6.07, 6.45) is 3.98. The first-order chi connectivity index (χ1) is 38.2. The summed E-state index contributed by atoms with van der Waals surface area (Å²) >= 11 is 0. The molecule has 1 saturated heterocycles. The molecule has 0 bridgehead atoms. The number of carboxylic acid groups (broad SMARTS) is 1. The maximum absolute atomic E-state index is 14.8. The van der Waals surface area contributed by atoms with Crippen LogP contribution in [0.15, 0.2) is 29.3 Å². The molecule has 458 valence electrons. The van der Waals surface area contributed by atoms with Crippen LogP contribution in [0, 0.1) is 23.7 Å². The SMILES string of the molecule is CC(C)C[C@H](NC(=O)[C@H](CCCCN)NC(=O)[C@H](CC(C)C)NC(=O)[C@H](CC(C)C)NC(=O)[C@@H]1CCCN1C(=O)[C@H](CCCCN)NC(=O)[C@H](Cc1ccc(O)cc1)NC(=O)[C@H](CC(C)C)NC(=O)[C@@H](N)CCCN=C(N)N)C(=O)O. The van der Waals surface area contributed by atoms with Crippen LogP contribution in [-0.2, 0) is 49.6 Å². The van der Waals surface area contributed by atoms with Crippen LogP contribution in [0.4, 0.5) is 0 Å². The molecule has 8 amide bonds. The Morgan fingerprint density at radius 3 is 1.47 bits per heavy atom. The standard InChI is InChI=1S/C56H98N14O11/c1-32(2)27-41(65-47(72)38(59)15-13-25-62-56(60)61)50(75)67-44(31-36-19-21-37(71)22-20-36)52(77)64-40(17-10-12-24-58)54(79)70-26-14-18-46(70)53(78)68-43(29-34(5)6)51(76)66-42(28-33(3)4)49(74)63-39(16-9-11-23-57)48(73)69-45(55(80)81)30-35(7)8/h19-22,32-35,38-46,71H,9-18,23-31,57-59H2,1-8H3,(H,63,74)(H,64,77)(H,65,72)(H,66,76)(H,67,75)(H,68,78)(H,69,73)(H,80,81)(H4,60,61,62)/t38-,39-,40-,41-,42-,43-,44-,45-,46-/m0/s1. The second-order valence-electron chi connectivity index (χ2n) is 23.0. The molecule has 19 N–H and O–H groups in total. The van der Waals surface area contributed by atoms with Crippen molar-refractivity contribution < 1.29 is 53.4 Å². The fourth-order valence-corrected chi connectivity index (χ4v) is 9.45. The number of carboxylic acids is 1. The van der Waals surface area contributed by atoms with Crippen LogP contribution in [-0.4, -0.2) is 155 Å². The number of amides is 8. The Morgan fingerprint density at radius 1 is 0.556 bits per heavy atom. The van der Waals surface area contributed by atoms with Gasteiger partial charge in [0.25, 0.3) is 0 Å². The highest BCUT2D eigenvalue weighted by Gasteiger charge is 2.41. The second-order valence-corrected chi connectivity index (χ2v) is 23.0. The summed E-state index contributed by atoms with van der Waals surface area (Å²) in [5, 5.41) is 39.2. The molecular weight excluding hydrogens is 1040 g/mol. The molecule has 25 nitrogen and oxygen atoms in total. The van der Waals surface area contributed by atoms with Crippen molar-refractivity contribution in [1.82, 2.24) is 42.1 Å². The van der Waals surface area contributed by atoms with E-state index in [4.69, 9.17) is 28.7 Å². The molecular formula is C56H98N14O11. The Hall–Kier alpha value is -6.60. The van der Waals surface area contributed by atoms with E-state index in [1.807, 2.05) is 55.4 Å². The minimum atomic E-state index is -1.31. The Balaban J connectivity index is 2.44. The number of unbranched alkanes of at least 4 members (excludes halogenated alkanes) is 2. The van der Waals surface area contributed by atoms with E-state index in [1.54, 1.807) is 12.1 Å². The molecule has 0 spiro atoms. The summed E-state index contributed by atoms with van der Waals surface area (Å²) in [4.78, 5) is 131. The molecule has 1 aromatic carbocycles. The van der Waals surface area contributed by atoms with Gasteiger partial charge in [0.1, 0.15) is 54.1 Å². The smallest absolute Gasteiger partial charge is 0.326 e. The number of rotatable bonds is 38. The average Bonchev–Trinajstić information content (AvgIpc) is 3.89. The van der Waals surface area contributed by atoms with Gasteiger partial charge in [0.05, 0.1) is 6.04 Å². The van der Waals surface area contributed by atoms with E-state index in [-0.39, 0.29) is 106 Å². The van der Waals surface area contributed by atoms with E-state index < -0.39 is 108 Å². The van der Waals surface area contributed by atoms with Crippen LogP contribution in [0.1, 0.15) is 151 Å². The molecule has 1 fully saturated rings. The van der Waals surface area contributed by atoms with E-state index in [9.17, 15) is 53.4 Å². The van der Waals surface area contributed by atoms with Gasteiger partial charge in [-0.25, -0.2) is 4.79 Å².